The second-order valence-electron chi connectivity index (χ2n) is 15.3. The van der Waals surface area contributed by atoms with Crippen LogP contribution in [0, 0.1) is 13.8 Å². The van der Waals surface area contributed by atoms with Crippen molar-refractivity contribution >= 4 is 28.6 Å². The largest absolute Gasteiger partial charge is 0.309 e. The summed E-state index contributed by atoms with van der Waals surface area (Å²) >= 11 is 0. The number of fused-ring (bicyclic) bond motifs is 1. The lowest BCUT2D eigenvalue weighted by Crippen LogP contribution is -1.97. The van der Waals surface area contributed by atoms with E-state index in [0.717, 1.165) is 40.9 Å². The van der Waals surface area contributed by atoms with E-state index in [1.165, 1.54) is 66.6 Å². The summed E-state index contributed by atoms with van der Waals surface area (Å²) in [5.41, 5.74) is 19.0. The molecule has 0 amide bonds. The van der Waals surface area contributed by atoms with Crippen LogP contribution in [0.1, 0.15) is 82.3 Å². The van der Waals surface area contributed by atoms with Gasteiger partial charge in [-0.2, -0.15) is 0 Å². The number of benzene rings is 6. The molecule has 0 aliphatic heterocycles. The molecule has 0 N–H and O–H groups in total. The zero-order chi connectivity index (χ0) is 45.1. The molecule has 0 saturated heterocycles. The number of rotatable bonds is 13. The fourth-order valence-electron chi connectivity index (χ4n) is 7.66. The lowest BCUT2D eigenvalue weighted by Gasteiger charge is -2.12. The van der Waals surface area contributed by atoms with E-state index >= 15 is 0 Å². The molecule has 6 aromatic carbocycles. The van der Waals surface area contributed by atoms with E-state index in [9.17, 15) is 0 Å². The van der Waals surface area contributed by atoms with Crippen LogP contribution < -0.4 is 0 Å². The van der Waals surface area contributed by atoms with E-state index < -0.39 is 0 Å². The molecule has 1 heterocycles. The average Bonchev–Trinajstić information content (AvgIpc) is 3.64. The quantitative estimate of drug-likeness (QED) is 0.102. The van der Waals surface area contributed by atoms with Crippen molar-refractivity contribution in [1.29, 1.82) is 0 Å². The molecular weight excluding hydrogens is 759 g/mol. The van der Waals surface area contributed by atoms with E-state index in [1.54, 1.807) is 0 Å². The molecule has 0 aliphatic carbocycles. The molecule has 7 aromatic rings. The van der Waals surface area contributed by atoms with E-state index in [-0.39, 0.29) is 0 Å². The highest BCUT2D eigenvalue weighted by atomic mass is 15.0. The van der Waals surface area contributed by atoms with Gasteiger partial charge in [-0.25, -0.2) is 0 Å². The number of unbranched alkanes of at least 4 members (excludes halogenated alkanes) is 1. The van der Waals surface area contributed by atoms with E-state index in [1.807, 2.05) is 19.9 Å². The average molecular weight is 824 g/mol. The highest BCUT2D eigenvalue weighted by Crippen LogP contribution is 2.35. The number of nitrogens with zero attached hydrogens (tertiary/aromatic N) is 1. The standard InChI is InChI=1S/C41H43N.C19H16.C2H6/c1-8-13-14-16-32(10-3)33(11-4)22-19-31(7)36-25-28-39-38(15-9-2)40(12-5)42(41(39)29-36)37-26-23-35(24-27-37)34-20-17-30(6)18-21-34;1-15-12-18(16-8-4-2-5-9-16)14-19(13-15)17-10-6-3-7-11-17;1-2/h9-12,14-29H,5,7-8,13H2,1-4,6H3;2-14H,1H3;1-2H3/b15-9-,16-14-,22-19-,32-10-,33-11-;;. The predicted molar refractivity (Wildman–Crippen MR) is 281 cm³/mol. The summed E-state index contributed by atoms with van der Waals surface area (Å²) in [5.74, 6) is 0. The van der Waals surface area contributed by atoms with E-state index in [4.69, 9.17) is 0 Å². The molecule has 0 unspecified atom stereocenters. The second kappa shape index (κ2) is 23.9. The van der Waals surface area contributed by atoms with E-state index in [2.05, 4.69) is 253 Å². The molecule has 0 aliphatic rings. The van der Waals surface area contributed by atoms with Crippen LogP contribution in [-0.2, 0) is 0 Å². The smallest absolute Gasteiger partial charge is 0.0547 e. The molecule has 0 radical (unpaired) electrons. The molecule has 0 bridgehead atoms. The highest BCUT2D eigenvalue weighted by Gasteiger charge is 2.16. The summed E-state index contributed by atoms with van der Waals surface area (Å²) in [5, 5.41) is 1.19. The number of aromatic nitrogens is 1. The number of hydrogen-bond donors (Lipinski definition) is 0. The fourth-order valence-corrected chi connectivity index (χ4v) is 7.66. The van der Waals surface area contributed by atoms with Gasteiger partial charge in [0.2, 0.25) is 0 Å². The van der Waals surface area contributed by atoms with Crippen molar-refractivity contribution in [2.45, 2.75) is 68.2 Å². The van der Waals surface area contributed by atoms with Crippen LogP contribution >= 0.6 is 0 Å². The summed E-state index contributed by atoms with van der Waals surface area (Å²) < 4.78 is 2.31. The summed E-state index contributed by atoms with van der Waals surface area (Å²) in [7, 11) is 0. The van der Waals surface area contributed by atoms with Gasteiger partial charge in [-0.15, -0.1) is 0 Å². The van der Waals surface area contributed by atoms with E-state index in [0.29, 0.717) is 0 Å². The van der Waals surface area contributed by atoms with Crippen LogP contribution in [0.25, 0.3) is 67.7 Å². The first-order valence-electron chi connectivity index (χ1n) is 22.5. The monoisotopic (exact) mass is 824 g/mol. The first-order valence-corrected chi connectivity index (χ1v) is 22.5. The van der Waals surface area contributed by atoms with Gasteiger partial charge >= 0.3 is 0 Å². The first kappa shape index (κ1) is 47.1. The second-order valence-corrected chi connectivity index (χ2v) is 15.3. The first-order chi connectivity index (χ1) is 30.8. The zero-order valence-electron chi connectivity index (χ0n) is 38.8. The fraction of sp³-hybridized carbons (Fsp3) is 0.161. The van der Waals surface area contributed by atoms with Crippen molar-refractivity contribution < 1.29 is 0 Å². The molecule has 0 spiro atoms. The highest BCUT2D eigenvalue weighted by molar-refractivity contribution is 5.97. The zero-order valence-corrected chi connectivity index (χ0v) is 38.8. The maximum atomic E-state index is 4.44. The molecule has 7 rings (SSSR count). The Labute approximate surface area is 379 Å². The van der Waals surface area contributed by atoms with Gasteiger partial charge in [-0.05, 0) is 133 Å². The molecule has 318 valence electrons. The van der Waals surface area contributed by atoms with Crippen molar-refractivity contribution in [2.24, 2.45) is 0 Å². The maximum absolute atomic E-state index is 4.44. The molecular formula is C62H65N. The lowest BCUT2D eigenvalue weighted by atomic mass is 9.97. The number of hydrogen-bond acceptors (Lipinski definition) is 0. The third-order valence-electron chi connectivity index (χ3n) is 10.9. The van der Waals surface area contributed by atoms with Crippen LogP contribution in [-0.4, -0.2) is 4.57 Å². The summed E-state index contributed by atoms with van der Waals surface area (Å²) in [6.07, 6.45) is 21.5. The van der Waals surface area contributed by atoms with Crippen LogP contribution in [0.2, 0.25) is 0 Å². The molecule has 0 saturated carbocycles. The molecule has 1 heteroatoms. The van der Waals surface area contributed by atoms with Gasteiger partial charge in [-0.3, -0.25) is 0 Å². The Morgan fingerprint density at radius 3 is 1.63 bits per heavy atom. The third kappa shape index (κ3) is 12.1. The van der Waals surface area contributed by atoms with Crippen molar-refractivity contribution in [3.05, 3.63) is 240 Å². The Morgan fingerprint density at radius 2 is 1.11 bits per heavy atom. The normalized spacial score (nSPS) is 11.7. The van der Waals surface area contributed by atoms with Crippen LogP contribution in [0.15, 0.2) is 212 Å². The Balaban J connectivity index is 0.000000294. The van der Waals surface area contributed by atoms with Gasteiger partial charge in [0.25, 0.3) is 0 Å². The molecule has 1 aromatic heterocycles. The van der Waals surface area contributed by atoms with Crippen molar-refractivity contribution in [1.82, 2.24) is 4.57 Å². The minimum atomic E-state index is 0.972. The molecule has 63 heavy (non-hydrogen) atoms. The Morgan fingerprint density at radius 1 is 0.571 bits per heavy atom. The SMILES string of the molecule is C=Cc1c(/C=C\C)c2ccc(C(=C)\C=C/C(=C/C)C(/C=C\CCC)=C\C)cc2n1-c1ccc(-c2ccc(C)cc2)cc1.CC.Cc1cc(-c2ccccc2)cc(-c2ccccc2)c1. The summed E-state index contributed by atoms with van der Waals surface area (Å²) in [4.78, 5) is 0. The number of aryl methyl sites for hydroxylation is 2. The summed E-state index contributed by atoms with van der Waals surface area (Å²) in [6.45, 7) is 25.3. The topological polar surface area (TPSA) is 4.93 Å². The minimum Gasteiger partial charge on any atom is -0.309 e. The Bertz CT molecular complexity index is 2670. The lowest BCUT2D eigenvalue weighted by molar-refractivity contribution is 0.958. The van der Waals surface area contributed by atoms with Crippen molar-refractivity contribution in [3.8, 4) is 39.1 Å². The van der Waals surface area contributed by atoms with Gasteiger partial charge < -0.3 is 4.57 Å². The van der Waals surface area contributed by atoms with Gasteiger partial charge in [0.15, 0.2) is 0 Å². The van der Waals surface area contributed by atoms with Gasteiger partial charge in [0, 0.05) is 16.6 Å². The Hall–Kier alpha value is -6.96. The van der Waals surface area contributed by atoms with Gasteiger partial charge in [0.05, 0.1) is 11.2 Å². The van der Waals surface area contributed by atoms with Crippen LogP contribution in [0.5, 0.6) is 0 Å². The van der Waals surface area contributed by atoms with Crippen molar-refractivity contribution in [2.75, 3.05) is 0 Å². The van der Waals surface area contributed by atoms with Crippen molar-refractivity contribution in [3.63, 3.8) is 0 Å². The van der Waals surface area contributed by atoms with Crippen LogP contribution in [0.3, 0.4) is 0 Å². The minimum absolute atomic E-state index is 0.972. The molecule has 0 atom stereocenters. The van der Waals surface area contributed by atoms with Gasteiger partial charge in [-0.1, -0.05) is 216 Å². The Kier molecular flexibility index (Phi) is 17.9. The maximum Gasteiger partial charge on any atom is 0.0547 e. The molecule has 1 nitrogen and oxygen atoms in total. The molecule has 0 fully saturated rings. The number of allylic oxidation sites excluding steroid dienone is 10. The summed E-state index contributed by atoms with van der Waals surface area (Å²) in [6, 6.07) is 51.9. The third-order valence-corrected chi connectivity index (χ3v) is 10.9. The van der Waals surface area contributed by atoms with Crippen LogP contribution in [0.4, 0.5) is 0 Å². The predicted octanol–water partition coefficient (Wildman–Crippen LogP) is 18.5. The van der Waals surface area contributed by atoms with Gasteiger partial charge in [0.1, 0.15) is 0 Å².